The van der Waals surface area contributed by atoms with Gasteiger partial charge in [0, 0.05) is 19.1 Å². The third-order valence-corrected chi connectivity index (χ3v) is 6.89. The molecule has 7 nitrogen and oxygen atoms in total. The highest BCUT2D eigenvalue weighted by atomic mass is 32.2. The van der Waals surface area contributed by atoms with Crippen molar-refractivity contribution >= 4 is 15.9 Å². The molecule has 1 amide bonds. The molecular weight excluding hydrogens is 426 g/mol. The average Bonchev–Trinajstić information content (AvgIpc) is 2.78. The Bertz CT molecular complexity index is 1010. The van der Waals surface area contributed by atoms with Gasteiger partial charge in [0.05, 0.1) is 17.6 Å². The van der Waals surface area contributed by atoms with Crippen molar-refractivity contribution in [2.24, 2.45) is 0 Å². The predicted octanol–water partition coefficient (Wildman–Crippen LogP) is 3.30. The van der Waals surface area contributed by atoms with Crippen molar-refractivity contribution in [1.82, 2.24) is 14.9 Å². The molecule has 174 valence electrons. The molecule has 2 aromatic rings. The summed E-state index contributed by atoms with van der Waals surface area (Å²) >= 11 is 0. The Labute approximate surface area is 191 Å². The summed E-state index contributed by atoms with van der Waals surface area (Å²) in [4.78, 5) is 14.9. The van der Waals surface area contributed by atoms with Crippen LogP contribution in [0.2, 0.25) is 0 Å². The monoisotopic (exact) mass is 459 g/mol. The van der Waals surface area contributed by atoms with Gasteiger partial charge in [0.25, 0.3) is 5.91 Å². The number of methoxy groups -OCH3 is 1. The number of piperidine rings is 1. The Morgan fingerprint density at radius 1 is 1.03 bits per heavy atom. The minimum atomic E-state index is -3.79. The molecule has 0 radical (unpaired) electrons. The van der Waals surface area contributed by atoms with Crippen molar-refractivity contribution in [2.45, 2.75) is 57.1 Å². The molecule has 1 saturated heterocycles. The number of nitrogens with one attached hydrogen (secondary N) is 2. The van der Waals surface area contributed by atoms with Crippen LogP contribution in [0.1, 0.15) is 54.6 Å². The van der Waals surface area contributed by atoms with Crippen LogP contribution in [-0.2, 0) is 23.1 Å². The summed E-state index contributed by atoms with van der Waals surface area (Å²) in [6.45, 7) is 7.06. The molecule has 0 aromatic heterocycles. The predicted molar refractivity (Wildman–Crippen MR) is 125 cm³/mol. The topological polar surface area (TPSA) is 87.7 Å². The number of hydrogen-bond donors (Lipinski definition) is 2. The SMILES string of the molecule is COc1ccc(S(=O)(=O)NCc2ccc(CN3CCCCC3)cc2)cc1C(=O)NC(C)C. The van der Waals surface area contributed by atoms with E-state index >= 15 is 0 Å². The standard InChI is InChI=1S/C24H33N3O4S/c1-18(2)26-24(28)22-15-21(11-12-23(22)31-3)32(29,30)25-16-19-7-9-20(10-8-19)17-27-13-5-4-6-14-27/h7-12,15,18,25H,4-6,13-14,16-17H2,1-3H3,(H,26,28). The number of carbonyl (C=O) groups is 1. The molecule has 1 fully saturated rings. The Kier molecular flexibility index (Phi) is 8.28. The Morgan fingerprint density at radius 3 is 2.31 bits per heavy atom. The van der Waals surface area contributed by atoms with Gasteiger partial charge in [0.2, 0.25) is 10.0 Å². The van der Waals surface area contributed by atoms with Gasteiger partial charge in [-0.1, -0.05) is 30.7 Å². The summed E-state index contributed by atoms with van der Waals surface area (Å²) in [5.41, 5.74) is 2.29. The lowest BCUT2D eigenvalue weighted by Gasteiger charge is -2.26. The Balaban J connectivity index is 1.66. The fourth-order valence-corrected chi connectivity index (χ4v) is 4.82. The van der Waals surface area contributed by atoms with Gasteiger partial charge in [-0.15, -0.1) is 0 Å². The van der Waals surface area contributed by atoms with Crippen molar-refractivity contribution in [1.29, 1.82) is 0 Å². The van der Waals surface area contributed by atoms with Gasteiger partial charge >= 0.3 is 0 Å². The molecule has 0 aliphatic carbocycles. The minimum Gasteiger partial charge on any atom is -0.496 e. The van der Waals surface area contributed by atoms with E-state index in [1.807, 2.05) is 26.0 Å². The van der Waals surface area contributed by atoms with Crippen LogP contribution < -0.4 is 14.8 Å². The maximum atomic E-state index is 12.8. The lowest BCUT2D eigenvalue weighted by molar-refractivity contribution is 0.0940. The molecule has 8 heteroatoms. The first-order valence-electron chi connectivity index (χ1n) is 11.1. The van der Waals surface area contributed by atoms with Gasteiger partial charge in [0.1, 0.15) is 5.75 Å². The van der Waals surface area contributed by atoms with E-state index in [4.69, 9.17) is 4.74 Å². The van der Waals surface area contributed by atoms with E-state index in [0.717, 1.165) is 25.2 Å². The van der Waals surface area contributed by atoms with Gasteiger partial charge in [0.15, 0.2) is 0 Å². The first-order valence-corrected chi connectivity index (χ1v) is 12.6. The van der Waals surface area contributed by atoms with E-state index in [1.165, 1.54) is 50.1 Å². The molecule has 0 unspecified atom stereocenters. The van der Waals surface area contributed by atoms with Crippen LogP contribution in [0, 0.1) is 0 Å². The van der Waals surface area contributed by atoms with E-state index in [-0.39, 0.29) is 29.0 Å². The molecule has 0 atom stereocenters. The van der Waals surface area contributed by atoms with E-state index in [9.17, 15) is 13.2 Å². The van der Waals surface area contributed by atoms with Crippen molar-refractivity contribution in [3.8, 4) is 5.75 Å². The normalized spacial score (nSPS) is 15.0. The summed E-state index contributed by atoms with van der Waals surface area (Å²) < 4.78 is 33.5. The lowest BCUT2D eigenvalue weighted by atomic mass is 10.1. The lowest BCUT2D eigenvalue weighted by Crippen LogP contribution is -2.31. The molecular formula is C24H33N3O4S. The molecule has 32 heavy (non-hydrogen) atoms. The Morgan fingerprint density at radius 2 is 1.69 bits per heavy atom. The fourth-order valence-electron chi connectivity index (χ4n) is 3.77. The van der Waals surface area contributed by atoms with Gasteiger partial charge < -0.3 is 10.1 Å². The highest BCUT2D eigenvalue weighted by Gasteiger charge is 2.20. The molecule has 0 saturated carbocycles. The first kappa shape index (κ1) is 24.2. The van der Waals surface area contributed by atoms with Gasteiger partial charge in [-0.05, 0) is 69.1 Å². The fraction of sp³-hybridized carbons (Fsp3) is 0.458. The summed E-state index contributed by atoms with van der Waals surface area (Å²) in [7, 11) is -2.35. The number of rotatable bonds is 9. The smallest absolute Gasteiger partial charge is 0.255 e. The van der Waals surface area contributed by atoms with Crippen LogP contribution in [0.5, 0.6) is 5.75 Å². The largest absolute Gasteiger partial charge is 0.496 e. The van der Waals surface area contributed by atoms with Crippen molar-refractivity contribution in [2.75, 3.05) is 20.2 Å². The number of benzene rings is 2. The molecule has 0 spiro atoms. The Hall–Kier alpha value is -2.42. The molecule has 1 heterocycles. The molecule has 2 aromatic carbocycles. The van der Waals surface area contributed by atoms with E-state index in [2.05, 4.69) is 27.1 Å². The second kappa shape index (κ2) is 10.9. The van der Waals surface area contributed by atoms with Crippen LogP contribution in [0.25, 0.3) is 0 Å². The van der Waals surface area contributed by atoms with Gasteiger partial charge in [-0.2, -0.15) is 0 Å². The molecule has 2 N–H and O–H groups in total. The maximum Gasteiger partial charge on any atom is 0.255 e. The maximum absolute atomic E-state index is 12.8. The van der Waals surface area contributed by atoms with Crippen LogP contribution in [0.4, 0.5) is 0 Å². The zero-order valence-electron chi connectivity index (χ0n) is 19.1. The number of carbonyl (C=O) groups excluding carboxylic acids is 1. The third kappa shape index (κ3) is 6.54. The molecule has 1 aliphatic rings. The number of ether oxygens (including phenoxy) is 1. The van der Waals surface area contributed by atoms with E-state index in [0.29, 0.717) is 5.75 Å². The van der Waals surface area contributed by atoms with Crippen molar-refractivity contribution < 1.29 is 17.9 Å². The zero-order chi connectivity index (χ0) is 23.1. The quantitative estimate of drug-likeness (QED) is 0.601. The first-order chi connectivity index (χ1) is 15.3. The highest BCUT2D eigenvalue weighted by Crippen LogP contribution is 2.23. The summed E-state index contributed by atoms with van der Waals surface area (Å²) in [6.07, 6.45) is 3.83. The number of nitrogens with zero attached hydrogens (tertiary/aromatic N) is 1. The molecule has 1 aliphatic heterocycles. The summed E-state index contributed by atoms with van der Waals surface area (Å²) in [5, 5.41) is 2.77. The van der Waals surface area contributed by atoms with Crippen molar-refractivity contribution in [3.05, 3.63) is 59.2 Å². The highest BCUT2D eigenvalue weighted by molar-refractivity contribution is 7.89. The van der Waals surface area contributed by atoms with Crippen LogP contribution >= 0.6 is 0 Å². The van der Waals surface area contributed by atoms with E-state index in [1.54, 1.807) is 0 Å². The molecule has 0 bridgehead atoms. The minimum absolute atomic E-state index is 0.0222. The summed E-state index contributed by atoms with van der Waals surface area (Å²) in [5.74, 6) is -0.0513. The average molecular weight is 460 g/mol. The molecule has 3 rings (SSSR count). The third-order valence-electron chi connectivity index (χ3n) is 5.49. The second-order valence-electron chi connectivity index (χ2n) is 8.47. The van der Waals surface area contributed by atoms with Gasteiger partial charge in [-0.25, -0.2) is 13.1 Å². The van der Waals surface area contributed by atoms with Crippen LogP contribution in [0.15, 0.2) is 47.4 Å². The number of sulfonamides is 1. The number of amides is 1. The number of likely N-dealkylation sites (tertiary alicyclic amines) is 1. The van der Waals surface area contributed by atoms with Crippen molar-refractivity contribution in [3.63, 3.8) is 0 Å². The second-order valence-corrected chi connectivity index (χ2v) is 10.2. The zero-order valence-corrected chi connectivity index (χ0v) is 19.9. The van der Waals surface area contributed by atoms with Crippen LogP contribution in [-0.4, -0.2) is 45.5 Å². The van der Waals surface area contributed by atoms with Crippen LogP contribution in [0.3, 0.4) is 0 Å². The van der Waals surface area contributed by atoms with Gasteiger partial charge in [-0.3, -0.25) is 9.69 Å². The van der Waals surface area contributed by atoms with E-state index < -0.39 is 10.0 Å². The summed E-state index contributed by atoms with van der Waals surface area (Å²) in [6, 6.07) is 12.2. The number of hydrogen-bond acceptors (Lipinski definition) is 5.